The topological polar surface area (TPSA) is 37.3 Å². The maximum atomic E-state index is 10.9. The summed E-state index contributed by atoms with van der Waals surface area (Å²) in [6.45, 7) is 8.16. The van der Waals surface area contributed by atoms with Gasteiger partial charge >= 0.3 is 0 Å². The van der Waals surface area contributed by atoms with Crippen LogP contribution in [-0.4, -0.2) is 11.4 Å². The lowest BCUT2D eigenvalue weighted by molar-refractivity contribution is 0.112. The molecule has 1 aromatic carbocycles. The van der Waals surface area contributed by atoms with Crippen molar-refractivity contribution in [3.63, 3.8) is 0 Å². The summed E-state index contributed by atoms with van der Waals surface area (Å²) in [4.78, 5) is 10.9. The lowest BCUT2D eigenvalue weighted by Crippen LogP contribution is -2.13. The van der Waals surface area contributed by atoms with Gasteiger partial charge in [-0.3, -0.25) is 4.79 Å². The van der Waals surface area contributed by atoms with E-state index < -0.39 is 0 Å². The molecule has 0 aliphatic heterocycles. The highest BCUT2D eigenvalue weighted by atomic mass is 16.3. The third-order valence-corrected chi connectivity index (χ3v) is 2.67. The van der Waals surface area contributed by atoms with E-state index in [2.05, 4.69) is 6.92 Å². The van der Waals surface area contributed by atoms with E-state index in [1.54, 1.807) is 12.1 Å². The molecule has 88 valence electrons. The minimum Gasteiger partial charge on any atom is -0.507 e. The highest BCUT2D eigenvalue weighted by molar-refractivity contribution is 5.76. The van der Waals surface area contributed by atoms with Gasteiger partial charge in [-0.2, -0.15) is 0 Å². The second kappa shape index (κ2) is 4.69. The zero-order chi connectivity index (χ0) is 12.3. The smallest absolute Gasteiger partial charge is 0.150 e. The predicted molar refractivity (Wildman–Crippen MR) is 66.2 cm³/mol. The van der Waals surface area contributed by atoms with Gasteiger partial charge in [-0.05, 0) is 29.5 Å². The van der Waals surface area contributed by atoms with Crippen molar-refractivity contribution in [1.82, 2.24) is 0 Å². The molecule has 0 fully saturated rings. The molecular weight excluding hydrogens is 200 g/mol. The molecule has 0 amide bonds. The number of phenolic OH excluding ortho intramolecular Hbond substituents is 1. The van der Waals surface area contributed by atoms with Crippen LogP contribution in [0.4, 0.5) is 0 Å². The minimum atomic E-state index is -0.147. The molecule has 0 heterocycles. The van der Waals surface area contributed by atoms with Crippen molar-refractivity contribution in [3.05, 3.63) is 28.8 Å². The van der Waals surface area contributed by atoms with Gasteiger partial charge in [0.05, 0.1) is 0 Å². The lowest BCUT2D eigenvalue weighted by atomic mass is 9.83. The molecule has 0 atom stereocenters. The minimum absolute atomic E-state index is 0.147. The highest BCUT2D eigenvalue weighted by Gasteiger charge is 2.20. The summed E-state index contributed by atoms with van der Waals surface area (Å²) >= 11 is 0. The Labute approximate surface area is 97.3 Å². The number of aromatic hydroxyl groups is 1. The van der Waals surface area contributed by atoms with Crippen LogP contribution < -0.4 is 0 Å². The summed E-state index contributed by atoms with van der Waals surface area (Å²) in [5.41, 5.74) is 2.22. The van der Waals surface area contributed by atoms with Crippen LogP contribution in [0.15, 0.2) is 12.1 Å². The monoisotopic (exact) mass is 220 g/mol. The maximum absolute atomic E-state index is 10.9. The second-order valence-corrected chi connectivity index (χ2v) is 5.19. The van der Waals surface area contributed by atoms with Crippen LogP contribution in [0.2, 0.25) is 0 Å². The maximum Gasteiger partial charge on any atom is 0.150 e. The van der Waals surface area contributed by atoms with Gasteiger partial charge in [-0.25, -0.2) is 0 Å². The molecule has 0 unspecified atom stereocenters. The van der Waals surface area contributed by atoms with Crippen LogP contribution in [-0.2, 0) is 11.8 Å². The number of phenols is 1. The highest BCUT2D eigenvalue weighted by Crippen LogP contribution is 2.34. The Morgan fingerprint density at radius 1 is 1.31 bits per heavy atom. The number of aryl methyl sites for hydroxylation is 1. The molecule has 0 saturated carbocycles. The van der Waals surface area contributed by atoms with E-state index in [-0.39, 0.29) is 5.41 Å². The molecule has 16 heavy (non-hydrogen) atoms. The third-order valence-electron chi connectivity index (χ3n) is 2.67. The molecule has 0 bridgehead atoms. The predicted octanol–water partition coefficient (Wildman–Crippen LogP) is 3.45. The molecule has 1 aromatic rings. The van der Waals surface area contributed by atoms with Crippen LogP contribution >= 0.6 is 0 Å². The van der Waals surface area contributed by atoms with Crippen LogP contribution in [0.5, 0.6) is 5.75 Å². The second-order valence-electron chi connectivity index (χ2n) is 5.19. The first-order chi connectivity index (χ1) is 7.40. The van der Waals surface area contributed by atoms with Crippen molar-refractivity contribution < 1.29 is 9.90 Å². The van der Waals surface area contributed by atoms with Gasteiger partial charge in [0.1, 0.15) is 12.0 Å². The van der Waals surface area contributed by atoms with Crippen LogP contribution in [0.25, 0.3) is 0 Å². The number of carbonyl (C=O) groups is 1. The zero-order valence-electron chi connectivity index (χ0n) is 10.5. The SMILES string of the molecule is CCCc1cc(C=O)cc(C(C)(C)C)c1O. The van der Waals surface area contributed by atoms with E-state index in [1.807, 2.05) is 20.8 Å². The fourth-order valence-corrected chi connectivity index (χ4v) is 1.82. The van der Waals surface area contributed by atoms with E-state index in [0.717, 1.165) is 30.3 Å². The van der Waals surface area contributed by atoms with Crippen molar-refractivity contribution in [1.29, 1.82) is 0 Å². The van der Waals surface area contributed by atoms with Crippen LogP contribution in [0.1, 0.15) is 55.6 Å². The molecule has 1 rings (SSSR count). The fourth-order valence-electron chi connectivity index (χ4n) is 1.82. The van der Waals surface area contributed by atoms with Gasteiger partial charge in [-0.15, -0.1) is 0 Å². The average molecular weight is 220 g/mol. The Morgan fingerprint density at radius 3 is 2.38 bits per heavy atom. The number of benzene rings is 1. The Balaban J connectivity index is 3.37. The van der Waals surface area contributed by atoms with Gasteiger partial charge in [0.15, 0.2) is 0 Å². The standard InChI is InChI=1S/C14H20O2/c1-5-6-11-7-10(9-15)8-12(13(11)16)14(2,3)4/h7-9,16H,5-6H2,1-4H3. The average Bonchev–Trinajstić information content (AvgIpc) is 2.19. The van der Waals surface area contributed by atoms with Crippen molar-refractivity contribution >= 4 is 6.29 Å². The van der Waals surface area contributed by atoms with E-state index >= 15 is 0 Å². The number of rotatable bonds is 3. The summed E-state index contributed by atoms with van der Waals surface area (Å²) in [5.74, 6) is 0.347. The number of hydrogen-bond acceptors (Lipinski definition) is 2. The first-order valence-electron chi connectivity index (χ1n) is 5.71. The first-order valence-corrected chi connectivity index (χ1v) is 5.71. The Morgan fingerprint density at radius 2 is 1.94 bits per heavy atom. The molecule has 0 spiro atoms. The molecule has 2 heteroatoms. The van der Waals surface area contributed by atoms with Crippen molar-refractivity contribution in [3.8, 4) is 5.75 Å². The van der Waals surface area contributed by atoms with Gasteiger partial charge < -0.3 is 5.11 Å². The normalized spacial score (nSPS) is 11.5. The Kier molecular flexibility index (Phi) is 3.74. The summed E-state index contributed by atoms with van der Waals surface area (Å²) in [5, 5.41) is 10.2. The molecule has 0 aliphatic carbocycles. The Hall–Kier alpha value is -1.31. The zero-order valence-corrected chi connectivity index (χ0v) is 10.5. The summed E-state index contributed by atoms with van der Waals surface area (Å²) < 4.78 is 0. The Bertz CT molecular complexity index is 386. The van der Waals surface area contributed by atoms with Crippen LogP contribution in [0.3, 0.4) is 0 Å². The lowest BCUT2D eigenvalue weighted by Gasteiger charge is -2.22. The third kappa shape index (κ3) is 2.63. The quantitative estimate of drug-likeness (QED) is 0.792. The number of carbonyl (C=O) groups excluding carboxylic acids is 1. The fraction of sp³-hybridized carbons (Fsp3) is 0.500. The van der Waals surface area contributed by atoms with Gasteiger partial charge in [-0.1, -0.05) is 34.1 Å². The van der Waals surface area contributed by atoms with Crippen molar-refractivity contribution in [2.24, 2.45) is 0 Å². The van der Waals surface area contributed by atoms with E-state index in [9.17, 15) is 9.90 Å². The number of hydrogen-bond donors (Lipinski definition) is 1. The van der Waals surface area contributed by atoms with Crippen molar-refractivity contribution in [2.75, 3.05) is 0 Å². The summed E-state index contributed by atoms with van der Waals surface area (Å²) in [6.07, 6.45) is 2.60. The largest absolute Gasteiger partial charge is 0.507 e. The summed E-state index contributed by atoms with van der Waals surface area (Å²) in [6, 6.07) is 3.56. The molecule has 1 N–H and O–H groups in total. The molecule has 2 nitrogen and oxygen atoms in total. The number of aldehydes is 1. The molecule has 0 aliphatic rings. The van der Waals surface area contributed by atoms with Gasteiger partial charge in [0.25, 0.3) is 0 Å². The molecule has 0 radical (unpaired) electrons. The van der Waals surface area contributed by atoms with Gasteiger partial charge in [0.2, 0.25) is 0 Å². The molecule has 0 aromatic heterocycles. The molecule has 0 saturated heterocycles. The van der Waals surface area contributed by atoms with Crippen molar-refractivity contribution in [2.45, 2.75) is 46.0 Å². The first kappa shape index (κ1) is 12.8. The molecular formula is C14H20O2. The summed E-state index contributed by atoms with van der Waals surface area (Å²) in [7, 11) is 0. The van der Waals surface area contributed by atoms with E-state index in [4.69, 9.17) is 0 Å². The van der Waals surface area contributed by atoms with Crippen LogP contribution in [0, 0.1) is 0 Å². The van der Waals surface area contributed by atoms with E-state index in [1.165, 1.54) is 0 Å². The van der Waals surface area contributed by atoms with Gasteiger partial charge in [0, 0.05) is 11.1 Å². The van der Waals surface area contributed by atoms with E-state index in [0.29, 0.717) is 11.3 Å².